The molecule has 2 aromatic heterocycles. The maximum Gasteiger partial charge on any atom is 0.231 e. The van der Waals surface area contributed by atoms with Crippen molar-refractivity contribution in [3.63, 3.8) is 0 Å². The summed E-state index contributed by atoms with van der Waals surface area (Å²) in [6, 6.07) is 3.02. The number of hydrogen-bond acceptors (Lipinski definition) is 5. The molecule has 6 nitrogen and oxygen atoms in total. The van der Waals surface area contributed by atoms with Gasteiger partial charge in [0.2, 0.25) is 11.6 Å². The fourth-order valence-electron chi connectivity index (χ4n) is 3.74. The number of anilines is 2. The Morgan fingerprint density at radius 2 is 1.90 bits per heavy atom. The van der Waals surface area contributed by atoms with E-state index in [2.05, 4.69) is 20.2 Å². The number of carbonyl (C=O) groups is 1. The zero-order valence-electron chi connectivity index (χ0n) is 16.6. The Morgan fingerprint density at radius 3 is 2.62 bits per heavy atom. The second kappa shape index (κ2) is 7.42. The average molecular weight is 400 g/mol. The number of benzene rings is 1. The molecule has 3 aromatic rings. The number of aromatic nitrogens is 2. The van der Waals surface area contributed by atoms with E-state index in [9.17, 15) is 13.6 Å². The van der Waals surface area contributed by atoms with Gasteiger partial charge in [-0.05, 0) is 45.7 Å². The molecule has 29 heavy (non-hydrogen) atoms. The summed E-state index contributed by atoms with van der Waals surface area (Å²) >= 11 is 0. The molecule has 1 aliphatic heterocycles. The van der Waals surface area contributed by atoms with Crippen LogP contribution in [0.5, 0.6) is 0 Å². The van der Waals surface area contributed by atoms with Crippen LogP contribution in [0.3, 0.4) is 0 Å². The van der Waals surface area contributed by atoms with Crippen LogP contribution in [0.15, 0.2) is 22.6 Å². The quantitative estimate of drug-likeness (QED) is 0.711. The summed E-state index contributed by atoms with van der Waals surface area (Å²) in [5.74, 6) is 0.437. The lowest BCUT2D eigenvalue weighted by atomic mass is 9.95. The van der Waals surface area contributed by atoms with Crippen molar-refractivity contribution >= 4 is 28.5 Å². The predicted octanol–water partition coefficient (Wildman–Crippen LogP) is 4.28. The van der Waals surface area contributed by atoms with E-state index >= 15 is 0 Å². The van der Waals surface area contributed by atoms with Gasteiger partial charge in [-0.15, -0.1) is 0 Å². The number of rotatable bonds is 3. The molecule has 1 fully saturated rings. The van der Waals surface area contributed by atoms with Crippen LogP contribution in [0.25, 0.3) is 11.1 Å². The SMILES string of the molecule is Cc1nc(N2CCC(C(=O)Nc3cc(F)ccc3F)CC2)c2c(C)c(C)oc2n1. The Kier molecular flexibility index (Phi) is 4.94. The number of piperidine rings is 1. The molecule has 0 unspecified atom stereocenters. The summed E-state index contributed by atoms with van der Waals surface area (Å²) in [6.45, 7) is 6.96. The average Bonchev–Trinajstić information content (AvgIpc) is 2.97. The molecule has 0 aliphatic carbocycles. The largest absolute Gasteiger partial charge is 0.443 e. The number of fused-ring (bicyclic) bond motifs is 1. The molecule has 152 valence electrons. The number of nitrogens with one attached hydrogen (secondary N) is 1. The summed E-state index contributed by atoms with van der Waals surface area (Å²) in [5.41, 5.74) is 1.45. The highest BCUT2D eigenvalue weighted by Gasteiger charge is 2.28. The van der Waals surface area contributed by atoms with Crippen LogP contribution in [0, 0.1) is 38.3 Å². The van der Waals surface area contributed by atoms with Gasteiger partial charge < -0.3 is 14.6 Å². The first kappa shape index (κ1) is 19.3. The molecular formula is C21H22F2N4O2. The maximum atomic E-state index is 13.8. The smallest absolute Gasteiger partial charge is 0.231 e. The van der Waals surface area contributed by atoms with Crippen LogP contribution in [-0.2, 0) is 4.79 Å². The predicted molar refractivity (Wildman–Crippen MR) is 106 cm³/mol. The molecule has 1 aromatic carbocycles. The summed E-state index contributed by atoms with van der Waals surface area (Å²) in [4.78, 5) is 23.7. The number of hydrogen-bond donors (Lipinski definition) is 1. The number of furan rings is 1. The van der Waals surface area contributed by atoms with E-state index in [0.717, 1.165) is 40.7 Å². The Bertz CT molecular complexity index is 1090. The fourth-order valence-corrected chi connectivity index (χ4v) is 3.74. The van der Waals surface area contributed by atoms with Crippen LogP contribution >= 0.6 is 0 Å². The van der Waals surface area contributed by atoms with Crippen molar-refractivity contribution in [1.82, 2.24) is 9.97 Å². The first-order valence-corrected chi connectivity index (χ1v) is 9.58. The van der Waals surface area contributed by atoms with Crippen molar-refractivity contribution in [2.45, 2.75) is 33.6 Å². The molecule has 0 bridgehead atoms. The Morgan fingerprint density at radius 1 is 1.17 bits per heavy atom. The lowest BCUT2D eigenvalue weighted by Gasteiger charge is -2.32. The van der Waals surface area contributed by atoms with Crippen LogP contribution in [0.4, 0.5) is 20.3 Å². The Balaban J connectivity index is 1.49. The van der Waals surface area contributed by atoms with Gasteiger partial charge in [0.15, 0.2) is 0 Å². The van der Waals surface area contributed by atoms with E-state index in [1.54, 1.807) is 0 Å². The maximum absolute atomic E-state index is 13.8. The van der Waals surface area contributed by atoms with Gasteiger partial charge in [-0.3, -0.25) is 4.79 Å². The fraction of sp³-hybridized carbons (Fsp3) is 0.381. The van der Waals surface area contributed by atoms with Crippen molar-refractivity contribution in [2.24, 2.45) is 5.92 Å². The number of amides is 1. The number of nitrogens with zero attached hydrogens (tertiary/aromatic N) is 3. The van der Waals surface area contributed by atoms with Crippen LogP contribution < -0.4 is 10.2 Å². The van der Waals surface area contributed by atoms with Crippen LogP contribution in [0.2, 0.25) is 0 Å². The van der Waals surface area contributed by atoms with Crippen molar-refractivity contribution in [1.29, 1.82) is 0 Å². The van der Waals surface area contributed by atoms with Gasteiger partial charge in [-0.25, -0.2) is 13.8 Å². The number of carbonyl (C=O) groups excluding carboxylic acids is 1. The summed E-state index contributed by atoms with van der Waals surface area (Å²) < 4.78 is 32.9. The molecule has 4 rings (SSSR count). The van der Waals surface area contributed by atoms with Gasteiger partial charge in [-0.1, -0.05) is 0 Å². The van der Waals surface area contributed by atoms with Gasteiger partial charge in [0, 0.05) is 30.6 Å². The van der Waals surface area contributed by atoms with Crippen molar-refractivity contribution in [3.05, 3.63) is 47.0 Å². The zero-order valence-corrected chi connectivity index (χ0v) is 16.6. The summed E-state index contributed by atoms with van der Waals surface area (Å²) in [5, 5.41) is 3.41. The molecule has 1 N–H and O–H groups in total. The van der Waals surface area contributed by atoms with E-state index in [1.165, 1.54) is 0 Å². The van der Waals surface area contributed by atoms with E-state index in [-0.39, 0.29) is 17.5 Å². The van der Waals surface area contributed by atoms with E-state index in [0.29, 0.717) is 37.5 Å². The van der Waals surface area contributed by atoms with Crippen molar-refractivity contribution < 1.29 is 18.0 Å². The van der Waals surface area contributed by atoms with E-state index in [4.69, 9.17) is 4.42 Å². The first-order valence-electron chi connectivity index (χ1n) is 9.58. The molecule has 1 aliphatic rings. The van der Waals surface area contributed by atoms with Crippen molar-refractivity contribution in [3.8, 4) is 0 Å². The van der Waals surface area contributed by atoms with Gasteiger partial charge in [0.25, 0.3) is 0 Å². The molecule has 0 radical (unpaired) electrons. The van der Waals surface area contributed by atoms with Gasteiger partial charge in [0.1, 0.15) is 29.0 Å². The molecule has 1 saturated heterocycles. The lowest BCUT2D eigenvalue weighted by Crippen LogP contribution is -2.39. The number of aryl methyl sites for hydroxylation is 3. The third-order valence-corrected chi connectivity index (χ3v) is 5.47. The lowest BCUT2D eigenvalue weighted by molar-refractivity contribution is -0.120. The Labute approximate surface area is 166 Å². The minimum absolute atomic E-state index is 0.130. The summed E-state index contributed by atoms with van der Waals surface area (Å²) in [7, 11) is 0. The highest BCUT2D eigenvalue weighted by atomic mass is 19.1. The highest BCUT2D eigenvalue weighted by Crippen LogP contribution is 2.33. The normalized spacial score (nSPS) is 15.1. The highest BCUT2D eigenvalue weighted by molar-refractivity contribution is 5.93. The molecule has 3 heterocycles. The minimum Gasteiger partial charge on any atom is -0.443 e. The molecule has 0 spiro atoms. The second-order valence-corrected chi connectivity index (χ2v) is 7.43. The Hall–Kier alpha value is -3.03. The first-order chi connectivity index (χ1) is 13.8. The molecule has 1 amide bonds. The van der Waals surface area contributed by atoms with Gasteiger partial charge in [0.05, 0.1) is 11.1 Å². The van der Waals surface area contributed by atoms with Gasteiger partial charge >= 0.3 is 0 Å². The van der Waals surface area contributed by atoms with Crippen LogP contribution in [-0.4, -0.2) is 29.0 Å². The topological polar surface area (TPSA) is 71.3 Å². The molecular weight excluding hydrogens is 378 g/mol. The standard InChI is InChI=1S/C21H22F2N4O2/c1-11-12(2)29-21-18(11)19(24-13(3)25-21)27-8-6-14(7-9-27)20(28)26-17-10-15(22)4-5-16(17)23/h4-5,10,14H,6-9H2,1-3H3,(H,26,28). The third-order valence-electron chi connectivity index (χ3n) is 5.47. The van der Waals surface area contributed by atoms with E-state index < -0.39 is 11.6 Å². The second-order valence-electron chi connectivity index (χ2n) is 7.43. The van der Waals surface area contributed by atoms with Crippen molar-refractivity contribution in [2.75, 3.05) is 23.3 Å². The third kappa shape index (κ3) is 3.66. The molecule has 0 saturated carbocycles. The van der Waals surface area contributed by atoms with Gasteiger partial charge in [-0.2, -0.15) is 4.98 Å². The monoisotopic (exact) mass is 400 g/mol. The summed E-state index contributed by atoms with van der Waals surface area (Å²) in [6.07, 6.45) is 1.17. The zero-order chi connectivity index (χ0) is 20.7. The van der Waals surface area contributed by atoms with E-state index in [1.807, 2.05) is 20.8 Å². The molecule has 8 heteroatoms. The number of halogens is 2. The molecule has 0 atom stereocenters. The minimum atomic E-state index is -0.651. The van der Waals surface area contributed by atoms with Crippen LogP contribution in [0.1, 0.15) is 30.0 Å².